The summed E-state index contributed by atoms with van der Waals surface area (Å²) in [5.41, 5.74) is 1.49. The van der Waals surface area contributed by atoms with Crippen LogP contribution in [-0.2, 0) is 14.6 Å². The molecule has 1 amide bonds. The number of sulfone groups is 1. The van der Waals surface area contributed by atoms with Gasteiger partial charge in [0.2, 0.25) is 5.91 Å². The van der Waals surface area contributed by atoms with Crippen LogP contribution in [0.2, 0.25) is 10.0 Å². The Balaban J connectivity index is 2.03. The van der Waals surface area contributed by atoms with Crippen LogP contribution >= 0.6 is 23.2 Å². The normalized spacial score (nSPS) is 13.0. The third-order valence-electron chi connectivity index (χ3n) is 3.54. The zero-order valence-corrected chi connectivity index (χ0v) is 16.0. The summed E-state index contributed by atoms with van der Waals surface area (Å²) in [6.07, 6.45) is 4.14. The zero-order valence-electron chi connectivity index (χ0n) is 13.7. The monoisotopic (exact) mass is 397 g/mol. The molecule has 0 aliphatic heterocycles. The molecule has 1 unspecified atom stereocenters. The third-order valence-corrected chi connectivity index (χ3v) is 5.23. The van der Waals surface area contributed by atoms with E-state index in [2.05, 4.69) is 5.32 Å². The fraction of sp³-hybridized carbons (Fsp3) is 0.167. The molecule has 1 atom stereocenters. The highest BCUT2D eigenvalue weighted by Gasteiger charge is 2.11. The van der Waals surface area contributed by atoms with Crippen LogP contribution in [0.15, 0.2) is 53.4 Å². The van der Waals surface area contributed by atoms with Gasteiger partial charge in [-0.1, -0.05) is 41.4 Å². The fourth-order valence-electron chi connectivity index (χ4n) is 2.15. The molecule has 0 saturated heterocycles. The van der Waals surface area contributed by atoms with E-state index in [0.29, 0.717) is 15.6 Å². The van der Waals surface area contributed by atoms with Crippen molar-refractivity contribution < 1.29 is 13.2 Å². The van der Waals surface area contributed by atoms with Gasteiger partial charge in [-0.15, -0.1) is 0 Å². The summed E-state index contributed by atoms with van der Waals surface area (Å²) in [5.74, 6) is -0.286. The van der Waals surface area contributed by atoms with Crippen molar-refractivity contribution in [3.8, 4) is 0 Å². The minimum absolute atomic E-state index is 0.243. The summed E-state index contributed by atoms with van der Waals surface area (Å²) in [4.78, 5) is 12.3. The molecule has 0 spiro atoms. The lowest BCUT2D eigenvalue weighted by atomic mass is 10.1. The van der Waals surface area contributed by atoms with Crippen molar-refractivity contribution in [1.29, 1.82) is 0 Å². The Kier molecular flexibility index (Phi) is 6.27. The molecule has 0 saturated carbocycles. The van der Waals surface area contributed by atoms with Gasteiger partial charge in [0.05, 0.1) is 10.9 Å². The van der Waals surface area contributed by atoms with Crippen molar-refractivity contribution in [3.63, 3.8) is 0 Å². The summed E-state index contributed by atoms with van der Waals surface area (Å²) in [7, 11) is -3.24. The summed E-state index contributed by atoms with van der Waals surface area (Å²) < 4.78 is 22.9. The second-order valence-corrected chi connectivity index (χ2v) is 8.43. The molecule has 0 aromatic heterocycles. The number of halogens is 2. The Hall–Kier alpha value is -1.82. The molecule has 1 N–H and O–H groups in total. The first-order chi connectivity index (χ1) is 11.7. The molecule has 0 fully saturated rings. The van der Waals surface area contributed by atoms with Crippen LogP contribution in [0.1, 0.15) is 24.1 Å². The van der Waals surface area contributed by atoms with Gasteiger partial charge in [-0.25, -0.2) is 8.42 Å². The molecule has 7 heteroatoms. The molecule has 0 aliphatic carbocycles. The predicted molar refractivity (Wildman–Crippen MR) is 102 cm³/mol. The highest BCUT2D eigenvalue weighted by Crippen LogP contribution is 2.22. The maximum absolute atomic E-state index is 12.0. The smallest absolute Gasteiger partial charge is 0.244 e. The highest BCUT2D eigenvalue weighted by atomic mass is 35.5. The van der Waals surface area contributed by atoms with Crippen LogP contribution in [0.5, 0.6) is 0 Å². The van der Waals surface area contributed by atoms with Crippen molar-refractivity contribution in [2.24, 2.45) is 0 Å². The van der Waals surface area contributed by atoms with Gasteiger partial charge in [0.25, 0.3) is 0 Å². The van der Waals surface area contributed by atoms with E-state index in [1.54, 1.807) is 36.4 Å². The Morgan fingerprint density at radius 2 is 1.76 bits per heavy atom. The van der Waals surface area contributed by atoms with E-state index in [9.17, 15) is 13.2 Å². The Morgan fingerprint density at radius 3 is 2.32 bits per heavy atom. The van der Waals surface area contributed by atoms with E-state index in [4.69, 9.17) is 23.2 Å². The standard InChI is InChI=1S/C18H17Cl2NO3S/c1-12(13-4-8-16(9-5-13)25(2,23)24)21-18(22)10-6-14-3-7-15(19)11-17(14)20/h3-12H,1-2H3,(H,21,22)/b10-6+. The number of carbonyl (C=O) groups excluding carboxylic acids is 1. The largest absolute Gasteiger partial charge is 0.346 e. The first-order valence-electron chi connectivity index (χ1n) is 7.40. The van der Waals surface area contributed by atoms with Gasteiger partial charge in [-0.3, -0.25) is 4.79 Å². The van der Waals surface area contributed by atoms with E-state index < -0.39 is 9.84 Å². The van der Waals surface area contributed by atoms with Crippen LogP contribution in [0.25, 0.3) is 6.08 Å². The number of benzene rings is 2. The van der Waals surface area contributed by atoms with Crippen LogP contribution in [0, 0.1) is 0 Å². The van der Waals surface area contributed by atoms with Crippen molar-refractivity contribution >= 4 is 45.0 Å². The van der Waals surface area contributed by atoms with Crippen LogP contribution in [-0.4, -0.2) is 20.6 Å². The van der Waals surface area contributed by atoms with E-state index in [1.807, 2.05) is 6.92 Å². The Morgan fingerprint density at radius 1 is 1.12 bits per heavy atom. The molecular formula is C18H17Cl2NO3S. The molecule has 2 rings (SSSR count). The quantitative estimate of drug-likeness (QED) is 0.765. The van der Waals surface area contributed by atoms with Crippen molar-refractivity contribution in [1.82, 2.24) is 5.32 Å². The Labute approximate surface area is 157 Å². The topological polar surface area (TPSA) is 63.2 Å². The molecule has 0 radical (unpaired) electrons. The van der Waals surface area contributed by atoms with Crippen LogP contribution in [0.4, 0.5) is 0 Å². The SMILES string of the molecule is CC(NC(=O)/C=C/c1ccc(Cl)cc1Cl)c1ccc(S(C)(=O)=O)cc1. The molecule has 25 heavy (non-hydrogen) atoms. The van der Waals surface area contributed by atoms with E-state index in [-0.39, 0.29) is 16.8 Å². The minimum Gasteiger partial charge on any atom is -0.346 e. The van der Waals surface area contributed by atoms with Gasteiger partial charge in [0.15, 0.2) is 9.84 Å². The fourth-order valence-corrected chi connectivity index (χ4v) is 3.25. The summed E-state index contributed by atoms with van der Waals surface area (Å²) in [6.45, 7) is 1.82. The molecule has 0 aliphatic rings. The number of nitrogens with one attached hydrogen (secondary N) is 1. The average Bonchev–Trinajstić information content (AvgIpc) is 2.53. The number of amides is 1. The van der Waals surface area contributed by atoms with Crippen LogP contribution in [0.3, 0.4) is 0 Å². The van der Waals surface area contributed by atoms with Gasteiger partial charge < -0.3 is 5.32 Å². The maximum atomic E-state index is 12.0. The molecule has 4 nitrogen and oxygen atoms in total. The first-order valence-corrected chi connectivity index (χ1v) is 10.0. The van der Waals surface area contributed by atoms with E-state index in [0.717, 1.165) is 11.8 Å². The van der Waals surface area contributed by atoms with Gasteiger partial charge in [-0.05, 0) is 48.4 Å². The summed E-state index contributed by atoms with van der Waals surface area (Å²) >= 11 is 11.9. The van der Waals surface area contributed by atoms with Gasteiger partial charge in [0, 0.05) is 22.4 Å². The summed E-state index contributed by atoms with van der Waals surface area (Å²) in [5, 5.41) is 3.80. The number of rotatable bonds is 5. The van der Waals surface area contributed by atoms with E-state index in [1.165, 1.54) is 18.2 Å². The van der Waals surface area contributed by atoms with Gasteiger partial charge >= 0.3 is 0 Å². The average molecular weight is 398 g/mol. The van der Waals surface area contributed by atoms with Gasteiger partial charge in [-0.2, -0.15) is 0 Å². The predicted octanol–water partition coefficient (Wildman–Crippen LogP) is 4.29. The summed E-state index contributed by atoms with van der Waals surface area (Å²) in [6, 6.07) is 11.2. The highest BCUT2D eigenvalue weighted by molar-refractivity contribution is 7.90. The van der Waals surface area contributed by atoms with Crippen molar-refractivity contribution in [3.05, 3.63) is 69.7 Å². The van der Waals surface area contributed by atoms with E-state index >= 15 is 0 Å². The molecular weight excluding hydrogens is 381 g/mol. The molecule has 2 aromatic carbocycles. The van der Waals surface area contributed by atoms with Crippen molar-refractivity contribution in [2.75, 3.05) is 6.26 Å². The maximum Gasteiger partial charge on any atom is 0.244 e. The molecule has 132 valence electrons. The lowest BCUT2D eigenvalue weighted by molar-refractivity contribution is -0.117. The molecule has 0 heterocycles. The van der Waals surface area contributed by atoms with Crippen LogP contribution < -0.4 is 5.32 Å². The lowest BCUT2D eigenvalue weighted by Crippen LogP contribution is -2.24. The van der Waals surface area contributed by atoms with Gasteiger partial charge in [0.1, 0.15) is 0 Å². The number of carbonyl (C=O) groups is 1. The number of hydrogen-bond donors (Lipinski definition) is 1. The second kappa shape index (κ2) is 8.04. The molecule has 0 bridgehead atoms. The minimum atomic E-state index is -3.24. The van der Waals surface area contributed by atoms with Crippen molar-refractivity contribution in [2.45, 2.75) is 17.9 Å². The lowest BCUT2D eigenvalue weighted by Gasteiger charge is -2.13. The first kappa shape index (κ1) is 19.5. The molecule has 2 aromatic rings. The zero-order chi connectivity index (χ0) is 18.6. The Bertz CT molecular complexity index is 906. The number of hydrogen-bond acceptors (Lipinski definition) is 3. The third kappa shape index (κ3) is 5.59. The second-order valence-electron chi connectivity index (χ2n) is 5.57.